The van der Waals surface area contributed by atoms with Gasteiger partial charge < -0.3 is 20.1 Å². The van der Waals surface area contributed by atoms with Crippen LogP contribution in [0.2, 0.25) is 5.02 Å². The highest BCUT2D eigenvalue weighted by Crippen LogP contribution is 2.32. The molecule has 6 nitrogen and oxygen atoms in total. The van der Waals surface area contributed by atoms with Gasteiger partial charge in [0.2, 0.25) is 0 Å². The molecule has 1 saturated heterocycles. The number of ether oxygens (including phenoxy) is 2. The molecule has 0 amide bonds. The Labute approximate surface area is 160 Å². The van der Waals surface area contributed by atoms with Gasteiger partial charge in [-0.25, -0.2) is 9.97 Å². The van der Waals surface area contributed by atoms with Crippen molar-refractivity contribution in [3.05, 3.63) is 41.1 Å². The van der Waals surface area contributed by atoms with Crippen LogP contribution in [0.3, 0.4) is 0 Å². The average Bonchev–Trinajstić information content (AvgIpc) is 3.08. The van der Waals surface area contributed by atoms with E-state index in [-0.39, 0.29) is 6.10 Å². The molecule has 4 rings (SSSR count). The predicted molar refractivity (Wildman–Crippen MR) is 105 cm³/mol. The van der Waals surface area contributed by atoms with E-state index < -0.39 is 0 Å². The van der Waals surface area contributed by atoms with Crippen LogP contribution in [-0.2, 0) is 0 Å². The van der Waals surface area contributed by atoms with Crippen molar-refractivity contribution in [2.24, 2.45) is 0 Å². The zero-order valence-corrected chi connectivity index (χ0v) is 15.6. The third kappa shape index (κ3) is 4.00. The second-order valence-corrected chi connectivity index (χ2v) is 7.36. The molecule has 0 radical (unpaired) electrons. The highest BCUT2D eigenvalue weighted by atomic mass is 35.5. The quantitative estimate of drug-likeness (QED) is 0.622. The molecule has 0 unspecified atom stereocenters. The lowest BCUT2D eigenvalue weighted by Crippen LogP contribution is -2.34. The molecule has 0 aliphatic carbocycles. The van der Waals surface area contributed by atoms with Gasteiger partial charge in [0.05, 0.1) is 10.4 Å². The van der Waals surface area contributed by atoms with Gasteiger partial charge in [0.25, 0.3) is 0 Å². The number of halogens is 1. The van der Waals surface area contributed by atoms with E-state index in [4.69, 9.17) is 21.1 Å². The van der Waals surface area contributed by atoms with Crippen molar-refractivity contribution in [2.45, 2.75) is 18.9 Å². The maximum Gasteiger partial charge on any atom is 0.159 e. The minimum atomic E-state index is 0.219. The SMILES string of the molecule is Clc1ccc(OC2CCNCC2)c(NCOc2csc3cncnc23)c1. The monoisotopic (exact) mass is 390 g/mol. The fourth-order valence-electron chi connectivity index (χ4n) is 2.89. The molecule has 2 aromatic heterocycles. The minimum Gasteiger partial charge on any atom is -0.488 e. The van der Waals surface area contributed by atoms with Crippen LogP contribution in [0.15, 0.2) is 36.1 Å². The first-order valence-electron chi connectivity index (χ1n) is 8.50. The third-order valence-electron chi connectivity index (χ3n) is 4.22. The number of fused-ring (bicyclic) bond motifs is 1. The van der Waals surface area contributed by atoms with E-state index in [1.165, 1.54) is 6.33 Å². The number of aromatic nitrogens is 2. The summed E-state index contributed by atoms with van der Waals surface area (Å²) in [5.74, 6) is 1.53. The van der Waals surface area contributed by atoms with E-state index in [0.717, 1.165) is 53.3 Å². The number of anilines is 1. The van der Waals surface area contributed by atoms with Crippen LogP contribution >= 0.6 is 22.9 Å². The Morgan fingerprint density at radius 2 is 2.15 bits per heavy atom. The van der Waals surface area contributed by atoms with Crippen molar-refractivity contribution in [3.8, 4) is 11.5 Å². The number of piperidine rings is 1. The summed E-state index contributed by atoms with van der Waals surface area (Å²) in [5.41, 5.74) is 1.65. The van der Waals surface area contributed by atoms with E-state index in [9.17, 15) is 0 Å². The Kier molecular flexibility index (Phi) is 5.38. The molecule has 0 bridgehead atoms. The van der Waals surface area contributed by atoms with Crippen LogP contribution in [0.25, 0.3) is 10.2 Å². The molecule has 3 heterocycles. The van der Waals surface area contributed by atoms with Crippen LogP contribution in [0.1, 0.15) is 12.8 Å². The molecule has 1 aliphatic heterocycles. The smallest absolute Gasteiger partial charge is 0.159 e. The highest BCUT2D eigenvalue weighted by Gasteiger charge is 2.16. The number of benzene rings is 1. The first-order valence-corrected chi connectivity index (χ1v) is 9.76. The molecule has 1 fully saturated rings. The molecular formula is C18H19ClN4O2S. The van der Waals surface area contributed by atoms with Crippen molar-refractivity contribution in [2.75, 3.05) is 25.1 Å². The molecule has 1 aliphatic rings. The van der Waals surface area contributed by atoms with Gasteiger partial charge in [-0.05, 0) is 44.1 Å². The standard InChI is InChI=1S/C18H19ClN4O2S/c19-12-1-2-15(25-13-3-5-20-6-4-13)14(7-12)23-11-24-16-9-26-17-8-21-10-22-18(16)17/h1-2,7-10,13,20,23H,3-6,11H2. The number of nitrogens with zero attached hydrogens (tertiary/aromatic N) is 2. The number of hydrogen-bond acceptors (Lipinski definition) is 7. The Bertz CT molecular complexity index is 883. The first kappa shape index (κ1) is 17.3. The topological polar surface area (TPSA) is 68.3 Å². The largest absolute Gasteiger partial charge is 0.488 e. The van der Waals surface area contributed by atoms with Crippen molar-refractivity contribution >= 4 is 38.8 Å². The molecule has 0 spiro atoms. The Morgan fingerprint density at radius 1 is 1.27 bits per heavy atom. The van der Waals surface area contributed by atoms with E-state index in [0.29, 0.717) is 11.8 Å². The van der Waals surface area contributed by atoms with Gasteiger partial charge in [-0.2, -0.15) is 0 Å². The highest BCUT2D eigenvalue weighted by molar-refractivity contribution is 7.17. The molecule has 2 N–H and O–H groups in total. The fourth-order valence-corrected chi connectivity index (χ4v) is 3.86. The first-order chi connectivity index (χ1) is 12.8. The number of hydrogen-bond donors (Lipinski definition) is 2. The van der Waals surface area contributed by atoms with Crippen molar-refractivity contribution < 1.29 is 9.47 Å². The van der Waals surface area contributed by atoms with Crippen LogP contribution in [0.4, 0.5) is 5.69 Å². The molecule has 136 valence electrons. The summed E-state index contributed by atoms with van der Waals surface area (Å²) in [6.45, 7) is 2.26. The summed E-state index contributed by atoms with van der Waals surface area (Å²) in [5, 5.41) is 9.19. The minimum absolute atomic E-state index is 0.219. The average molecular weight is 391 g/mol. The maximum absolute atomic E-state index is 6.16. The van der Waals surface area contributed by atoms with Crippen molar-refractivity contribution in [1.29, 1.82) is 0 Å². The Hall–Kier alpha value is -2.09. The number of thiophene rings is 1. The van der Waals surface area contributed by atoms with Crippen LogP contribution < -0.4 is 20.1 Å². The van der Waals surface area contributed by atoms with Crippen LogP contribution in [0.5, 0.6) is 11.5 Å². The van der Waals surface area contributed by atoms with Crippen LogP contribution in [0, 0.1) is 0 Å². The van der Waals surface area contributed by atoms with Gasteiger partial charge in [0, 0.05) is 16.6 Å². The van der Waals surface area contributed by atoms with E-state index in [1.807, 2.05) is 23.6 Å². The maximum atomic E-state index is 6.16. The van der Waals surface area contributed by atoms with E-state index in [2.05, 4.69) is 20.6 Å². The van der Waals surface area contributed by atoms with Gasteiger partial charge in [-0.1, -0.05) is 11.6 Å². The lowest BCUT2D eigenvalue weighted by atomic mass is 10.1. The molecule has 1 aromatic carbocycles. The Morgan fingerprint density at radius 3 is 3.04 bits per heavy atom. The van der Waals surface area contributed by atoms with Crippen molar-refractivity contribution in [1.82, 2.24) is 15.3 Å². The predicted octanol–water partition coefficient (Wildman–Crippen LogP) is 3.92. The lowest BCUT2D eigenvalue weighted by Gasteiger charge is -2.25. The summed E-state index contributed by atoms with van der Waals surface area (Å²) < 4.78 is 13.0. The van der Waals surface area contributed by atoms with Gasteiger partial charge in [-0.15, -0.1) is 11.3 Å². The molecule has 26 heavy (non-hydrogen) atoms. The second-order valence-electron chi connectivity index (χ2n) is 6.01. The van der Waals surface area contributed by atoms with Gasteiger partial charge in [0.15, 0.2) is 12.5 Å². The number of rotatable bonds is 6. The van der Waals surface area contributed by atoms with E-state index >= 15 is 0 Å². The lowest BCUT2D eigenvalue weighted by molar-refractivity contribution is 0.163. The molecule has 3 aromatic rings. The molecule has 8 heteroatoms. The number of nitrogens with one attached hydrogen (secondary N) is 2. The van der Waals surface area contributed by atoms with Gasteiger partial charge >= 0.3 is 0 Å². The zero-order chi connectivity index (χ0) is 17.8. The normalized spacial score (nSPS) is 15.1. The van der Waals surface area contributed by atoms with Crippen molar-refractivity contribution in [3.63, 3.8) is 0 Å². The Balaban J connectivity index is 1.42. The molecule has 0 atom stereocenters. The van der Waals surface area contributed by atoms with E-state index in [1.54, 1.807) is 17.5 Å². The fraction of sp³-hybridized carbons (Fsp3) is 0.333. The third-order valence-corrected chi connectivity index (χ3v) is 5.34. The summed E-state index contributed by atoms with van der Waals surface area (Å²) in [6, 6.07) is 5.60. The molecular weight excluding hydrogens is 372 g/mol. The van der Waals surface area contributed by atoms with Gasteiger partial charge in [-0.3, -0.25) is 0 Å². The second kappa shape index (κ2) is 8.07. The molecule has 0 saturated carbocycles. The van der Waals surface area contributed by atoms with Crippen LogP contribution in [-0.4, -0.2) is 35.9 Å². The zero-order valence-electron chi connectivity index (χ0n) is 14.1. The summed E-state index contributed by atoms with van der Waals surface area (Å²) in [4.78, 5) is 8.29. The summed E-state index contributed by atoms with van der Waals surface area (Å²) in [6.07, 6.45) is 5.53. The summed E-state index contributed by atoms with van der Waals surface area (Å²) in [7, 11) is 0. The van der Waals surface area contributed by atoms with Gasteiger partial charge in [0.1, 0.15) is 23.7 Å². The summed E-state index contributed by atoms with van der Waals surface area (Å²) >= 11 is 7.71.